The second kappa shape index (κ2) is 10.5. The highest BCUT2D eigenvalue weighted by molar-refractivity contribution is 7.99. The molecule has 5 aromatic carbocycles. The Hall–Kier alpha value is -5.39. The van der Waals surface area contributed by atoms with Crippen LogP contribution in [0, 0.1) is 0 Å². The van der Waals surface area contributed by atoms with Crippen molar-refractivity contribution in [3.63, 3.8) is 0 Å². The van der Waals surface area contributed by atoms with Crippen molar-refractivity contribution in [2.75, 3.05) is 0 Å². The summed E-state index contributed by atoms with van der Waals surface area (Å²) in [5.74, 6) is 0.217. The molecule has 0 saturated heterocycles. The topological polar surface area (TPSA) is 50.9 Å². The van der Waals surface area contributed by atoms with Crippen LogP contribution in [0.4, 0.5) is 0 Å². The average Bonchev–Trinajstić information content (AvgIpc) is 3.38. The van der Waals surface area contributed by atoms with Crippen molar-refractivity contribution in [1.29, 1.82) is 0 Å². The molecule has 0 atom stereocenters. The van der Waals surface area contributed by atoms with Crippen LogP contribution in [0.2, 0.25) is 0 Å². The van der Waals surface area contributed by atoms with Crippen molar-refractivity contribution < 1.29 is 5.11 Å². The van der Waals surface area contributed by atoms with Gasteiger partial charge < -0.3 is 5.11 Å². The minimum Gasteiger partial charge on any atom is -0.506 e. The number of aromatic nitrogens is 3. The number of para-hydroxylation sites is 3. The van der Waals surface area contributed by atoms with Crippen LogP contribution in [0.15, 0.2) is 156 Å². The van der Waals surface area contributed by atoms with E-state index < -0.39 is 0 Å². The number of phenols is 1. The van der Waals surface area contributed by atoms with Gasteiger partial charge in [-0.3, -0.25) is 4.57 Å². The van der Waals surface area contributed by atoms with E-state index >= 15 is 0 Å². The van der Waals surface area contributed by atoms with Gasteiger partial charge in [0.2, 0.25) is 0 Å². The molecule has 0 bridgehead atoms. The lowest BCUT2D eigenvalue weighted by molar-refractivity contribution is 0.473. The number of rotatable bonds is 5. The first-order valence-electron chi connectivity index (χ1n) is 14.1. The molecule has 8 rings (SSSR count). The fourth-order valence-electron chi connectivity index (χ4n) is 5.75. The molecule has 204 valence electrons. The fourth-order valence-corrected chi connectivity index (χ4v) is 6.62. The van der Waals surface area contributed by atoms with Crippen molar-refractivity contribution >= 4 is 44.5 Å². The summed E-state index contributed by atoms with van der Waals surface area (Å²) >= 11 is 1.64. The Morgan fingerprint density at radius 2 is 1.40 bits per heavy atom. The van der Waals surface area contributed by atoms with Gasteiger partial charge >= 0.3 is 0 Å². The van der Waals surface area contributed by atoms with Crippen LogP contribution in [0.25, 0.3) is 60.8 Å². The molecule has 0 aliphatic rings. The Morgan fingerprint density at radius 3 is 2.33 bits per heavy atom. The molecule has 0 saturated carbocycles. The molecule has 3 aromatic heterocycles. The van der Waals surface area contributed by atoms with Gasteiger partial charge in [-0.15, -0.1) is 0 Å². The van der Waals surface area contributed by atoms with E-state index in [9.17, 15) is 5.11 Å². The van der Waals surface area contributed by atoms with Crippen molar-refractivity contribution in [2.24, 2.45) is 0 Å². The zero-order valence-electron chi connectivity index (χ0n) is 23.1. The molecule has 8 aromatic rings. The Bertz CT molecular complexity index is 2310. The molecule has 0 radical (unpaired) electrons. The molecular weight excluding hydrogens is 547 g/mol. The van der Waals surface area contributed by atoms with E-state index in [2.05, 4.69) is 108 Å². The van der Waals surface area contributed by atoms with Crippen LogP contribution in [0.3, 0.4) is 0 Å². The molecule has 0 fully saturated rings. The van der Waals surface area contributed by atoms with Gasteiger partial charge in [0.15, 0.2) is 0 Å². The third-order valence-corrected chi connectivity index (χ3v) is 8.74. The lowest BCUT2D eigenvalue weighted by Crippen LogP contribution is -1.96. The average molecular weight is 572 g/mol. The zero-order chi connectivity index (χ0) is 28.8. The van der Waals surface area contributed by atoms with Gasteiger partial charge in [0, 0.05) is 27.4 Å². The first-order chi connectivity index (χ1) is 21.2. The smallest absolute Gasteiger partial charge is 0.146 e. The van der Waals surface area contributed by atoms with E-state index in [4.69, 9.17) is 4.98 Å². The first-order valence-corrected chi connectivity index (χ1v) is 14.9. The lowest BCUT2D eigenvalue weighted by atomic mass is 10.0. The van der Waals surface area contributed by atoms with Gasteiger partial charge in [-0.2, -0.15) is 0 Å². The predicted octanol–water partition coefficient (Wildman–Crippen LogP) is 9.92. The lowest BCUT2D eigenvalue weighted by Gasteiger charge is -2.10. The monoisotopic (exact) mass is 571 g/mol. The van der Waals surface area contributed by atoms with Crippen LogP contribution in [-0.2, 0) is 0 Å². The van der Waals surface area contributed by atoms with E-state index in [1.165, 1.54) is 16.3 Å². The minimum absolute atomic E-state index is 0.217. The van der Waals surface area contributed by atoms with Crippen LogP contribution in [-0.4, -0.2) is 19.6 Å². The van der Waals surface area contributed by atoms with Crippen molar-refractivity contribution in [3.05, 3.63) is 146 Å². The summed E-state index contributed by atoms with van der Waals surface area (Å²) in [6.45, 7) is 0. The van der Waals surface area contributed by atoms with Gasteiger partial charge in [0.05, 0.1) is 16.9 Å². The fraction of sp³-hybridized carbons (Fsp3) is 0. The predicted molar refractivity (Wildman–Crippen MR) is 177 cm³/mol. The summed E-state index contributed by atoms with van der Waals surface area (Å²) < 4.78 is 2.05. The molecule has 0 aliphatic heterocycles. The molecule has 0 aliphatic carbocycles. The van der Waals surface area contributed by atoms with Crippen molar-refractivity contribution in [2.45, 2.75) is 9.92 Å². The van der Waals surface area contributed by atoms with Gasteiger partial charge in [0.1, 0.15) is 16.4 Å². The summed E-state index contributed by atoms with van der Waals surface area (Å²) in [6, 6.07) is 47.5. The number of aromatic hydroxyl groups is 1. The molecule has 1 N–H and O–H groups in total. The van der Waals surface area contributed by atoms with Crippen molar-refractivity contribution in [1.82, 2.24) is 14.5 Å². The SMILES string of the molecule is Oc1ccccc1-n1c2ccccc2c2ccc(-c3cccc(Sc4cc(-c5ccc6ccccc6c5)ccn4)c3)nc21. The molecular formula is C38H25N3OS. The number of pyridine rings is 2. The first kappa shape index (κ1) is 25.3. The van der Waals surface area contributed by atoms with Crippen LogP contribution in [0.5, 0.6) is 5.75 Å². The maximum absolute atomic E-state index is 10.7. The third kappa shape index (κ3) is 4.60. The Labute approximate surface area is 252 Å². The van der Waals surface area contributed by atoms with E-state index in [-0.39, 0.29) is 5.75 Å². The van der Waals surface area contributed by atoms with Gasteiger partial charge in [0.25, 0.3) is 0 Å². The molecule has 4 nitrogen and oxygen atoms in total. The Morgan fingerprint density at radius 1 is 0.581 bits per heavy atom. The van der Waals surface area contributed by atoms with Crippen LogP contribution >= 0.6 is 11.8 Å². The summed E-state index contributed by atoms with van der Waals surface area (Å²) in [5, 5.41) is 16.3. The maximum atomic E-state index is 10.7. The summed E-state index contributed by atoms with van der Waals surface area (Å²) in [4.78, 5) is 10.9. The quantitative estimate of drug-likeness (QED) is 0.223. The summed E-state index contributed by atoms with van der Waals surface area (Å²) in [5.41, 5.74) is 6.73. The highest BCUT2D eigenvalue weighted by Crippen LogP contribution is 2.36. The maximum Gasteiger partial charge on any atom is 0.146 e. The number of nitrogens with zero attached hydrogens (tertiary/aromatic N) is 3. The molecule has 3 heterocycles. The zero-order valence-corrected chi connectivity index (χ0v) is 23.9. The second-order valence-corrected chi connectivity index (χ2v) is 11.6. The highest BCUT2D eigenvalue weighted by Gasteiger charge is 2.16. The summed E-state index contributed by atoms with van der Waals surface area (Å²) in [6.07, 6.45) is 1.88. The van der Waals surface area contributed by atoms with E-state index in [0.29, 0.717) is 5.69 Å². The minimum atomic E-state index is 0.217. The van der Waals surface area contributed by atoms with Gasteiger partial charge in [-0.25, -0.2) is 9.97 Å². The van der Waals surface area contributed by atoms with Gasteiger partial charge in [-0.1, -0.05) is 90.6 Å². The largest absolute Gasteiger partial charge is 0.506 e. The number of hydrogen-bond acceptors (Lipinski definition) is 4. The Balaban J connectivity index is 1.16. The van der Waals surface area contributed by atoms with Crippen molar-refractivity contribution in [3.8, 4) is 33.8 Å². The number of hydrogen-bond donors (Lipinski definition) is 1. The molecule has 5 heteroatoms. The van der Waals surface area contributed by atoms with Crippen LogP contribution < -0.4 is 0 Å². The standard InChI is InChI=1S/C38H25N3OS/c42-36-15-6-5-14-35(36)41-34-13-4-3-12-31(34)32-18-19-33(40-38(32)41)29-10-7-11-30(23-29)43-37-24-28(20-21-39-37)27-17-16-25-8-1-2-9-26(25)22-27/h1-24,42H. The van der Waals surface area contributed by atoms with E-state index in [1.807, 2.05) is 41.1 Å². The Kier molecular flexibility index (Phi) is 6.16. The number of benzene rings is 5. The van der Waals surface area contributed by atoms with Crippen LogP contribution in [0.1, 0.15) is 0 Å². The molecule has 0 amide bonds. The number of fused-ring (bicyclic) bond motifs is 4. The summed E-state index contributed by atoms with van der Waals surface area (Å²) in [7, 11) is 0. The molecule has 0 spiro atoms. The normalized spacial score (nSPS) is 11.4. The van der Waals surface area contributed by atoms with E-state index in [0.717, 1.165) is 48.7 Å². The van der Waals surface area contributed by atoms with Gasteiger partial charge in [-0.05, 0) is 82.6 Å². The molecule has 43 heavy (non-hydrogen) atoms. The number of phenolic OH excluding ortho intramolecular Hbond substituents is 1. The third-order valence-electron chi connectivity index (χ3n) is 7.81. The second-order valence-electron chi connectivity index (χ2n) is 10.5. The highest BCUT2D eigenvalue weighted by atomic mass is 32.2. The molecule has 0 unspecified atom stereocenters. The van der Waals surface area contributed by atoms with E-state index in [1.54, 1.807) is 17.8 Å².